The first-order chi connectivity index (χ1) is 13.3. The minimum atomic E-state index is -0.118. The van der Waals surface area contributed by atoms with Crippen LogP contribution in [0, 0.1) is 5.41 Å². The molecule has 0 radical (unpaired) electrons. The van der Waals surface area contributed by atoms with Crippen LogP contribution >= 0.6 is 0 Å². The fraction of sp³-hybridized carbons (Fsp3) is 0.346. The van der Waals surface area contributed by atoms with Crippen molar-refractivity contribution < 1.29 is 4.79 Å². The van der Waals surface area contributed by atoms with E-state index < -0.39 is 0 Å². The van der Waals surface area contributed by atoms with E-state index in [4.69, 9.17) is 0 Å². The molecule has 27 heavy (non-hydrogen) atoms. The molecule has 0 amide bonds. The largest absolute Gasteiger partial charge is 0.300 e. The molecule has 0 aromatic heterocycles. The minimum Gasteiger partial charge on any atom is -0.300 e. The van der Waals surface area contributed by atoms with E-state index in [9.17, 15) is 4.79 Å². The Morgan fingerprint density at radius 3 is 1.63 bits per heavy atom. The van der Waals surface area contributed by atoms with Crippen molar-refractivity contribution in [1.82, 2.24) is 0 Å². The van der Waals surface area contributed by atoms with Gasteiger partial charge in [0.05, 0.1) is 0 Å². The predicted molar refractivity (Wildman–Crippen MR) is 111 cm³/mol. The molecule has 136 valence electrons. The normalized spacial score (nSPS) is 21.7. The van der Waals surface area contributed by atoms with Crippen LogP contribution in [0.15, 0.2) is 71.8 Å². The zero-order chi connectivity index (χ0) is 18.3. The zero-order valence-corrected chi connectivity index (χ0v) is 15.8. The highest BCUT2D eigenvalue weighted by molar-refractivity contribution is 6.02. The summed E-state index contributed by atoms with van der Waals surface area (Å²) in [7, 11) is 0. The van der Waals surface area contributed by atoms with E-state index in [0.29, 0.717) is 12.2 Å². The molecule has 2 fully saturated rings. The van der Waals surface area contributed by atoms with Crippen LogP contribution in [0.2, 0.25) is 0 Å². The molecule has 1 nitrogen and oxygen atoms in total. The molecular formula is C26H26O. The lowest BCUT2D eigenvalue weighted by Gasteiger charge is -2.39. The van der Waals surface area contributed by atoms with E-state index >= 15 is 0 Å². The standard InChI is InChI=1S/C26H26O/c27-21-14-9-17-26(18-21)24(19-10-3-1-4-11-19)22-15-7-8-16-23(22)25(26)20-12-5-2-6-13-20/h1-6,10-13H,7-9,14-18H2. The lowest BCUT2D eigenvalue weighted by Crippen LogP contribution is -2.30. The monoisotopic (exact) mass is 354 g/mol. The summed E-state index contributed by atoms with van der Waals surface area (Å²) in [6.45, 7) is 0. The van der Waals surface area contributed by atoms with Crippen LogP contribution in [-0.4, -0.2) is 5.78 Å². The van der Waals surface area contributed by atoms with Crippen LogP contribution in [-0.2, 0) is 4.79 Å². The molecule has 0 saturated heterocycles. The number of benzene rings is 2. The molecule has 0 atom stereocenters. The first-order valence-corrected chi connectivity index (χ1v) is 10.4. The molecule has 0 bridgehead atoms. The van der Waals surface area contributed by atoms with Crippen molar-refractivity contribution in [2.45, 2.75) is 51.4 Å². The highest BCUT2D eigenvalue weighted by Gasteiger charge is 2.49. The van der Waals surface area contributed by atoms with Crippen LogP contribution in [0.5, 0.6) is 0 Å². The second kappa shape index (κ2) is 6.64. The number of hydrogen-bond donors (Lipinski definition) is 0. The molecule has 0 aliphatic heterocycles. The van der Waals surface area contributed by atoms with Crippen molar-refractivity contribution in [3.8, 4) is 0 Å². The van der Waals surface area contributed by atoms with Gasteiger partial charge in [0.25, 0.3) is 0 Å². The van der Waals surface area contributed by atoms with Crippen LogP contribution in [0.3, 0.4) is 0 Å². The third kappa shape index (κ3) is 2.64. The van der Waals surface area contributed by atoms with Crippen molar-refractivity contribution >= 4 is 16.9 Å². The quantitative estimate of drug-likeness (QED) is 0.593. The number of allylic oxidation sites excluding steroid dienone is 4. The average Bonchev–Trinajstić information content (AvgIpc) is 2.98. The minimum absolute atomic E-state index is 0.118. The van der Waals surface area contributed by atoms with Gasteiger partial charge in [-0.15, -0.1) is 0 Å². The summed E-state index contributed by atoms with van der Waals surface area (Å²) in [6, 6.07) is 21.8. The maximum Gasteiger partial charge on any atom is 0.134 e. The molecule has 1 heteroatoms. The van der Waals surface area contributed by atoms with Crippen molar-refractivity contribution in [3.63, 3.8) is 0 Å². The summed E-state index contributed by atoms with van der Waals surface area (Å²) >= 11 is 0. The molecule has 0 unspecified atom stereocenters. The number of carbonyl (C=O) groups excluding carboxylic acids is 1. The summed E-state index contributed by atoms with van der Waals surface area (Å²) < 4.78 is 0. The molecule has 2 saturated carbocycles. The number of fused-ring (bicyclic) bond motifs is 1. The van der Waals surface area contributed by atoms with E-state index in [1.54, 1.807) is 11.1 Å². The molecular weight excluding hydrogens is 328 g/mol. The highest BCUT2D eigenvalue weighted by atomic mass is 16.1. The highest BCUT2D eigenvalue weighted by Crippen LogP contribution is 2.63. The SMILES string of the molecule is O=C1CCCC2(C1)C(c1ccccc1)=C1CCCCC1=C2c1ccccc1. The van der Waals surface area contributed by atoms with Gasteiger partial charge in [0.1, 0.15) is 5.78 Å². The molecule has 3 aliphatic rings. The number of rotatable bonds is 2. The summed E-state index contributed by atoms with van der Waals surface area (Å²) in [5.41, 5.74) is 8.60. The summed E-state index contributed by atoms with van der Waals surface area (Å²) in [5.74, 6) is 0.433. The van der Waals surface area contributed by atoms with E-state index in [2.05, 4.69) is 60.7 Å². The maximum atomic E-state index is 12.7. The Balaban J connectivity index is 1.79. The second-order valence-electron chi connectivity index (χ2n) is 8.30. The van der Waals surface area contributed by atoms with Gasteiger partial charge < -0.3 is 0 Å². The van der Waals surface area contributed by atoms with Crippen LogP contribution in [0.4, 0.5) is 0 Å². The summed E-state index contributed by atoms with van der Waals surface area (Å²) in [6.07, 6.45) is 8.37. The van der Waals surface area contributed by atoms with E-state index in [1.807, 2.05) is 0 Å². The van der Waals surface area contributed by atoms with Gasteiger partial charge in [-0.05, 0) is 71.9 Å². The first-order valence-electron chi connectivity index (χ1n) is 10.4. The molecule has 5 rings (SSSR count). The number of carbonyl (C=O) groups is 1. The van der Waals surface area contributed by atoms with E-state index in [0.717, 1.165) is 32.1 Å². The van der Waals surface area contributed by atoms with Gasteiger partial charge in [-0.25, -0.2) is 0 Å². The molecule has 2 aromatic carbocycles. The Bertz CT molecular complexity index is 865. The lowest BCUT2D eigenvalue weighted by atomic mass is 9.63. The molecule has 0 N–H and O–H groups in total. The van der Waals surface area contributed by atoms with Crippen molar-refractivity contribution in [1.29, 1.82) is 0 Å². The van der Waals surface area contributed by atoms with E-state index in [-0.39, 0.29) is 5.41 Å². The average molecular weight is 354 g/mol. The second-order valence-corrected chi connectivity index (χ2v) is 8.30. The summed E-state index contributed by atoms with van der Waals surface area (Å²) in [5, 5.41) is 0. The lowest BCUT2D eigenvalue weighted by molar-refractivity contribution is -0.121. The third-order valence-electron chi connectivity index (χ3n) is 6.71. The number of Topliss-reactive ketones (excluding diaryl/α,β-unsaturated/α-hetero) is 1. The topological polar surface area (TPSA) is 17.1 Å². The Morgan fingerprint density at radius 2 is 1.15 bits per heavy atom. The van der Waals surface area contributed by atoms with Gasteiger partial charge in [0, 0.05) is 18.3 Å². The van der Waals surface area contributed by atoms with Gasteiger partial charge in [-0.3, -0.25) is 4.79 Å². The van der Waals surface area contributed by atoms with Gasteiger partial charge in [0.15, 0.2) is 0 Å². The zero-order valence-electron chi connectivity index (χ0n) is 15.8. The van der Waals surface area contributed by atoms with Crippen LogP contribution in [0.1, 0.15) is 62.5 Å². The fourth-order valence-corrected chi connectivity index (χ4v) is 5.80. The number of hydrogen-bond acceptors (Lipinski definition) is 1. The Kier molecular flexibility index (Phi) is 4.11. The smallest absolute Gasteiger partial charge is 0.134 e. The molecule has 2 aromatic rings. The first kappa shape index (κ1) is 16.7. The van der Waals surface area contributed by atoms with Crippen molar-refractivity contribution in [3.05, 3.63) is 82.9 Å². The third-order valence-corrected chi connectivity index (χ3v) is 6.71. The summed E-state index contributed by atoms with van der Waals surface area (Å²) in [4.78, 5) is 12.7. The van der Waals surface area contributed by atoms with Gasteiger partial charge in [0.2, 0.25) is 0 Å². The fourth-order valence-electron chi connectivity index (χ4n) is 5.80. The van der Waals surface area contributed by atoms with Crippen LogP contribution < -0.4 is 0 Å². The molecule has 3 aliphatic carbocycles. The van der Waals surface area contributed by atoms with Crippen LogP contribution in [0.25, 0.3) is 11.1 Å². The van der Waals surface area contributed by atoms with Gasteiger partial charge >= 0.3 is 0 Å². The number of ketones is 1. The van der Waals surface area contributed by atoms with Crippen molar-refractivity contribution in [2.24, 2.45) is 5.41 Å². The Hall–Kier alpha value is -2.41. The van der Waals surface area contributed by atoms with Gasteiger partial charge in [-0.1, -0.05) is 60.7 Å². The molecule has 0 heterocycles. The van der Waals surface area contributed by atoms with E-state index in [1.165, 1.54) is 35.1 Å². The van der Waals surface area contributed by atoms with Gasteiger partial charge in [-0.2, -0.15) is 0 Å². The maximum absolute atomic E-state index is 12.7. The Labute approximate surface area is 161 Å². The predicted octanol–water partition coefficient (Wildman–Crippen LogP) is 6.61. The Morgan fingerprint density at radius 1 is 0.630 bits per heavy atom. The molecule has 1 spiro atoms. The van der Waals surface area contributed by atoms with Crippen molar-refractivity contribution in [2.75, 3.05) is 0 Å².